The van der Waals surface area contributed by atoms with Crippen LogP contribution in [0.1, 0.15) is 42.7 Å². The molecule has 1 aromatic heterocycles. The molecular formula is C13H17N3O. The lowest BCUT2D eigenvalue weighted by atomic mass is 9.94. The Hall–Kier alpha value is -1.89. The van der Waals surface area contributed by atoms with Gasteiger partial charge in [0.05, 0.1) is 6.07 Å². The van der Waals surface area contributed by atoms with Gasteiger partial charge in [0.2, 0.25) is 0 Å². The Morgan fingerprint density at radius 2 is 2.18 bits per heavy atom. The first kappa shape index (κ1) is 13.2. The Bertz CT molecular complexity index is 444. The number of nitrogens with zero attached hydrogens (tertiary/aromatic N) is 2. The second-order valence-electron chi connectivity index (χ2n) is 4.04. The third-order valence-electron chi connectivity index (χ3n) is 2.93. The van der Waals surface area contributed by atoms with Crippen LogP contribution in [0.15, 0.2) is 18.3 Å². The second kappa shape index (κ2) is 5.44. The van der Waals surface area contributed by atoms with Crippen molar-refractivity contribution in [3.05, 3.63) is 29.6 Å². The van der Waals surface area contributed by atoms with Gasteiger partial charge in [0.15, 0.2) is 0 Å². The van der Waals surface area contributed by atoms with E-state index in [2.05, 4.69) is 16.4 Å². The van der Waals surface area contributed by atoms with E-state index < -0.39 is 5.54 Å². The standard InChI is InChI=1S/C13H17N3O/c1-4-13(5-2,9-14)16-12(17)11-6-7-15-10(3)8-11/h6-8H,4-5H2,1-3H3,(H,16,17). The SMILES string of the molecule is CCC(C#N)(CC)NC(=O)c1ccnc(C)c1. The third kappa shape index (κ3) is 3.04. The highest BCUT2D eigenvalue weighted by atomic mass is 16.1. The number of nitriles is 1. The van der Waals surface area contributed by atoms with Crippen molar-refractivity contribution in [2.45, 2.75) is 39.2 Å². The zero-order chi connectivity index (χ0) is 12.9. The summed E-state index contributed by atoms with van der Waals surface area (Å²) in [5.41, 5.74) is 0.557. The predicted molar refractivity (Wildman–Crippen MR) is 65.4 cm³/mol. The van der Waals surface area contributed by atoms with E-state index in [1.54, 1.807) is 18.3 Å². The minimum absolute atomic E-state index is 0.222. The summed E-state index contributed by atoms with van der Waals surface area (Å²) < 4.78 is 0. The van der Waals surface area contributed by atoms with E-state index in [1.807, 2.05) is 20.8 Å². The van der Waals surface area contributed by atoms with Crippen molar-refractivity contribution < 1.29 is 4.79 Å². The lowest BCUT2D eigenvalue weighted by Crippen LogP contribution is -2.46. The molecule has 0 saturated carbocycles. The summed E-state index contributed by atoms with van der Waals surface area (Å²) in [6, 6.07) is 5.54. The first-order valence-electron chi connectivity index (χ1n) is 5.73. The maximum atomic E-state index is 12.0. The molecule has 1 amide bonds. The summed E-state index contributed by atoms with van der Waals surface area (Å²) in [6.07, 6.45) is 2.78. The van der Waals surface area contributed by atoms with Crippen LogP contribution in [0.5, 0.6) is 0 Å². The summed E-state index contributed by atoms with van der Waals surface area (Å²) in [5, 5.41) is 11.9. The van der Waals surface area contributed by atoms with Gasteiger partial charge in [-0.2, -0.15) is 5.26 Å². The van der Waals surface area contributed by atoms with Crippen molar-refractivity contribution in [1.82, 2.24) is 10.3 Å². The molecule has 0 unspecified atom stereocenters. The number of aromatic nitrogens is 1. The second-order valence-corrected chi connectivity index (χ2v) is 4.04. The maximum absolute atomic E-state index is 12.0. The number of amides is 1. The fourth-order valence-electron chi connectivity index (χ4n) is 1.59. The fourth-order valence-corrected chi connectivity index (χ4v) is 1.59. The lowest BCUT2D eigenvalue weighted by Gasteiger charge is -2.24. The molecule has 1 heterocycles. The van der Waals surface area contributed by atoms with Crippen LogP contribution in [0.25, 0.3) is 0 Å². The molecule has 0 bridgehead atoms. The number of rotatable bonds is 4. The van der Waals surface area contributed by atoms with Gasteiger partial charge in [-0.1, -0.05) is 13.8 Å². The number of carbonyl (C=O) groups excluding carboxylic acids is 1. The number of hydrogen-bond donors (Lipinski definition) is 1. The molecule has 0 atom stereocenters. The molecule has 0 aromatic carbocycles. The van der Waals surface area contributed by atoms with Gasteiger partial charge in [-0.3, -0.25) is 9.78 Å². The molecule has 4 heteroatoms. The van der Waals surface area contributed by atoms with Crippen molar-refractivity contribution in [1.29, 1.82) is 5.26 Å². The third-order valence-corrected chi connectivity index (χ3v) is 2.93. The van der Waals surface area contributed by atoms with E-state index in [1.165, 1.54) is 0 Å². The van der Waals surface area contributed by atoms with Crippen molar-refractivity contribution in [2.24, 2.45) is 0 Å². The van der Waals surface area contributed by atoms with Crippen LogP contribution < -0.4 is 5.32 Å². The monoisotopic (exact) mass is 231 g/mol. The molecule has 1 rings (SSSR count). The molecule has 0 aliphatic rings. The van der Waals surface area contributed by atoms with Crippen molar-refractivity contribution in [2.75, 3.05) is 0 Å². The molecule has 0 radical (unpaired) electrons. The largest absolute Gasteiger partial charge is 0.334 e. The average molecular weight is 231 g/mol. The summed E-state index contributed by atoms with van der Waals surface area (Å²) in [4.78, 5) is 16.0. The van der Waals surface area contributed by atoms with Crippen LogP contribution in [0, 0.1) is 18.3 Å². The smallest absolute Gasteiger partial charge is 0.252 e. The normalized spacial score (nSPS) is 10.7. The minimum Gasteiger partial charge on any atom is -0.334 e. The van der Waals surface area contributed by atoms with Crippen LogP contribution in [0.4, 0.5) is 0 Å². The maximum Gasteiger partial charge on any atom is 0.252 e. The zero-order valence-electron chi connectivity index (χ0n) is 10.4. The molecule has 0 saturated heterocycles. The van der Waals surface area contributed by atoms with Gasteiger partial charge in [-0.25, -0.2) is 0 Å². The summed E-state index contributed by atoms with van der Waals surface area (Å²) in [6.45, 7) is 5.61. The van der Waals surface area contributed by atoms with E-state index in [9.17, 15) is 4.79 Å². The van der Waals surface area contributed by atoms with Crippen molar-refractivity contribution in [3.63, 3.8) is 0 Å². The average Bonchev–Trinajstić information content (AvgIpc) is 2.36. The summed E-state index contributed by atoms with van der Waals surface area (Å²) in [7, 11) is 0. The molecule has 0 aliphatic carbocycles. The molecule has 1 aromatic rings. The Labute approximate surface area is 102 Å². The van der Waals surface area contributed by atoms with Gasteiger partial charge >= 0.3 is 0 Å². The number of pyridine rings is 1. The van der Waals surface area contributed by atoms with Crippen LogP contribution in [0.2, 0.25) is 0 Å². The van der Waals surface area contributed by atoms with E-state index in [4.69, 9.17) is 5.26 Å². The zero-order valence-corrected chi connectivity index (χ0v) is 10.4. The van der Waals surface area contributed by atoms with Gasteiger partial charge in [-0.15, -0.1) is 0 Å². The molecule has 1 N–H and O–H groups in total. The first-order valence-corrected chi connectivity index (χ1v) is 5.73. The number of aryl methyl sites for hydroxylation is 1. The molecule has 17 heavy (non-hydrogen) atoms. The summed E-state index contributed by atoms with van der Waals surface area (Å²) >= 11 is 0. The van der Waals surface area contributed by atoms with Crippen LogP contribution >= 0.6 is 0 Å². The Balaban J connectivity index is 2.89. The topological polar surface area (TPSA) is 65.8 Å². The molecule has 90 valence electrons. The molecule has 0 spiro atoms. The number of hydrogen-bond acceptors (Lipinski definition) is 3. The highest BCUT2D eigenvalue weighted by Gasteiger charge is 2.28. The van der Waals surface area contributed by atoms with Crippen LogP contribution in [-0.4, -0.2) is 16.4 Å². The molecule has 4 nitrogen and oxygen atoms in total. The van der Waals surface area contributed by atoms with E-state index >= 15 is 0 Å². The van der Waals surface area contributed by atoms with Gasteiger partial charge < -0.3 is 5.32 Å². The number of carbonyl (C=O) groups is 1. The first-order chi connectivity index (χ1) is 8.06. The lowest BCUT2D eigenvalue weighted by molar-refractivity contribution is 0.0915. The fraction of sp³-hybridized carbons (Fsp3) is 0.462. The Morgan fingerprint density at radius 3 is 2.65 bits per heavy atom. The van der Waals surface area contributed by atoms with Gasteiger partial charge in [0.25, 0.3) is 5.91 Å². The van der Waals surface area contributed by atoms with E-state index in [-0.39, 0.29) is 5.91 Å². The molecule has 0 fully saturated rings. The predicted octanol–water partition coefficient (Wildman–Crippen LogP) is 2.20. The van der Waals surface area contributed by atoms with Crippen molar-refractivity contribution >= 4 is 5.91 Å². The number of nitrogens with one attached hydrogen (secondary N) is 1. The quantitative estimate of drug-likeness (QED) is 0.863. The van der Waals surface area contributed by atoms with Gasteiger partial charge in [-0.05, 0) is 31.9 Å². The Morgan fingerprint density at radius 1 is 1.53 bits per heavy atom. The summed E-state index contributed by atoms with van der Waals surface area (Å²) in [5.74, 6) is -0.222. The molecule has 0 aliphatic heterocycles. The highest BCUT2D eigenvalue weighted by molar-refractivity contribution is 5.94. The van der Waals surface area contributed by atoms with E-state index in [0.717, 1.165) is 5.69 Å². The van der Waals surface area contributed by atoms with E-state index in [0.29, 0.717) is 18.4 Å². The van der Waals surface area contributed by atoms with Gasteiger partial charge in [0.1, 0.15) is 5.54 Å². The van der Waals surface area contributed by atoms with Crippen LogP contribution in [-0.2, 0) is 0 Å². The minimum atomic E-state index is -0.770. The Kier molecular flexibility index (Phi) is 4.22. The molecular weight excluding hydrogens is 214 g/mol. The van der Waals surface area contributed by atoms with Crippen molar-refractivity contribution in [3.8, 4) is 6.07 Å². The highest BCUT2D eigenvalue weighted by Crippen LogP contribution is 2.14. The van der Waals surface area contributed by atoms with Gasteiger partial charge in [0, 0.05) is 17.5 Å². The van der Waals surface area contributed by atoms with Crippen LogP contribution in [0.3, 0.4) is 0 Å².